The standard InChI is InChI=1S/C14H19BrN4O/c1-3-18(4-2)13(20)7-8-19-12-6-5-10(15)9-11(12)17-14(19)16/h5-6,9H,3-4,7-8H2,1-2H3,(H2,16,17). The molecule has 1 heterocycles. The molecule has 0 unspecified atom stereocenters. The topological polar surface area (TPSA) is 64.2 Å². The molecule has 1 aromatic heterocycles. The zero-order valence-electron chi connectivity index (χ0n) is 11.8. The number of aryl methyl sites for hydroxylation is 1. The van der Waals surface area contributed by atoms with E-state index in [1.165, 1.54) is 0 Å². The van der Waals surface area contributed by atoms with Crippen molar-refractivity contribution in [2.24, 2.45) is 0 Å². The van der Waals surface area contributed by atoms with E-state index in [1.54, 1.807) is 0 Å². The van der Waals surface area contributed by atoms with Crippen molar-refractivity contribution in [1.82, 2.24) is 14.5 Å². The van der Waals surface area contributed by atoms with Crippen molar-refractivity contribution in [1.29, 1.82) is 0 Å². The molecule has 1 amide bonds. The van der Waals surface area contributed by atoms with Gasteiger partial charge in [0.25, 0.3) is 0 Å². The molecule has 0 saturated carbocycles. The number of nitrogens with two attached hydrogens (primary N) is 1. The SMILES string of the molecule is CCN(CC)C(=O)CCn1c(N)nc2cc(Br)ccc21. The Morgan fingerprint density at radius 3 is 2.75 bits per heavy atom. The number of rotatable bonds is 5. The van der Waals surface area contributed by atoms with Crippen LogP contribution in [0.15, 0.2) is 22.7 Å². The van der Waals surface area contributed by atoms with Crippen LogP contribution in [-0.2, 0) is 11.3 Å². The van der Waals surface area contributed by atoms with Crippen molar-refractivity contribution in [2.75, 3.05) is 18.8 Å². The summed E-state index contributed by atoms with van der Waals surface area (Å²) in [6.45, 7) is 6.00. The van der Waals surface area contributed by atoms with Crippen molar-refractivity contribution in [2.45, 2.75) is 26.8 Å². The van der Waals surface area contributed by atoms with Gasteiger partial charge in [0, 0.05) is 30.5 Å². The van der Waals surface area contributed by atoms with Gasteiger partial charge in [-0.05, 0) is 32.0 Å². The lowest BCUT2D eigenvalue weighted by atomic mass is 10.3. The van der Waals surface area contributed by atoms with Crippen LogP contribution in [0.2, 0.25) is 0 Å². The number of hydrogen-bond donors (Lipinski definition) is 1. The molecule has 2 N–H and O–H groups in total. The maximum atomic E-state index is 12.0. The third kappa shape index (κ3) is 2.95. The van der Waals surface area contributed by atoms with E-state index in [0.717, 1.165) is 28.6 Å². The van der Waals surface area contributed by atoms with Crippen LogP contribution >= 0.6 is 15.9 Å². The molecule has 0 aliphatic rings. The number of carbonyl (C=O) groups is 1. The highest BCUT2D eigenvalue weighted by molar-refractivity contribution is 9.10. The minimum Gasteiger partial charge on any atom is -0.369 e. The van der Waals surface area contributed by atoms with Crippen molar-refractivity contribution < 1.29 is 4.79 Å². The molecule has 0 aliphatic carbocycles. The van der Waals surface area contributed by atoms with Crippen molar-refractivity contribution in [3.8, 4) is 0 Å². The van der Waals surface area contributed by atoms with Gasteiger partial charge in [0.2, 0.25) is 11.9 Å². The van der Waals surface area contributed by atoms with Crippen LogP contribution in [0.3, 0.4) is 0 Å². The summed E-state index contributed by atoms with van der Waals surface area (Å²) in [5.74, 6) is 0.596. The Morgan fingerprint density at radius 1 is 1.40 bits per heavy atom. The highest BCUT2D eigenvalue weighted by Crippen LogP contribution is 2.22. The number of fused-ring (bicyclic) bond motifs is 1. The van der Waals surface area contributed by atoms with Gasteiger partial charge in [-0.15, -0.1) is 0 Å². The quantitative estimate of drug-likeness (QED) is 0.911. The molecule has 0 saturated heterocycles. The molecular weight excluding hydrogens is 320 g/mol. The van der Waals surface area contributed by atoms with Crippen LogP contribution in [0.25, 0.3) is 11.0 Å². The molecule has 2 rings (SSSR count). The number of nitrogens with zero attached hydrogens (tertiary/aromatic N) is 3. The Kier molecular flexibility index (Phi) is 4.65. The maximum absolute atomic E-state index is 12.0. The number of amides is 1. The van der Waals surface area contributed by atoms with Gasteiger partial charge in [-0.1, -0.05) is 15.9 Å². The Labute approximate surface area is 126 Å². The molecule has 0 bridgehead atoms. The number of carbonyl (C=O) groups excluding carboxylic acids is 1. The summed E-state index contributed by atoms with van der Waals surface area (Å²) in [7, 11) is 0. The van der Waals surface area contributed by atoms with E-state index < -0.39 is 0 Å². The zero-order chi connectivity index (χ0) is 14.7. The molecule has 1 aromatic carbocycles. The second-order valence-corrected chi connectivity index (χ2v) is 5.49. The van der Waals surface area contributed by atoms with Gasteiger partial charge in [-0.3, -0.25) is 4.79 Å². The first kappa shape index (κ1) is 14.8. The third-order valence-corrected chi connectivity index (χ3v) is 3.90. The fourth-order valence-corrected chi connectivity index (χ4v) is 2.65. The van der Waals surface area contributed by atoms with Crippen molar-refractivity contribution in [3.63, 3.8) is 0 Å². The van der Waals surface area contributed by atoms with E-state index >= 15 is 0 Å². The Balaban J connectivity index is 2.18. The first-order valence-electron chi connectivity index (χ1n) is 6.75. The molecule has 108 valence electrons. The molecule has 5 nitrogen and oxygen atoms in total. The molecular formula is C14H19BrN4O. The highest BCUT2D eigenvalue weighted by Gasteiger charge is 2.13. The number of anilines is 1. The highest BCUT2D eigenvalue weighted by atomic mass is 79.9. The Hall–Kier alpha value is -1.56. The second-order valence-electron chi connectivity index (χ2n) is 4.57. The molecule has 6 heteroatoms. The summed E-state index contributed by atoms with van der Waals surface area (Å²) in [6, 6.07) is 5.84. The second kappa shape index (κ2) is 6.26. The third-order valence-electron chi connectivity index (χ3n) is 3.41. The minimum absolute atomic E-state index is 0.147. The lowest BCUT2D eigenvalue weighted by molar-refractivity contribution is -0.131. The first-order chi connectivity index (χ1) is 9.56. The van der Waals surface area contributed by atoms with Gasteiger partial charge in [-0.2, -0.15) is 0 Å². The van der Waals surface area contributed by atoms with E-state index in [9.17, 15) is 4.79 Å². The summed E-state index contributed by atoms with van der Waals surface area (Å²) in [5.41, 5.74) is 7.74. The molecule has 0 spiro atoms. The lowest BCUT2D eigenvalue weighted by Gasteiger charge is -2.18. The van der Waals surface area contributed by atoms with Gasteiger partial charge in [0.05, 0.1) is 11.0 Å². The fraction of sp³-hybridized carbons (Fsp3) is 0.429. The molecule has 20 heavy (non-hydrogen) atoms. The van der Waals surface area contributed by atoms with E-state index in [2.05, 4.69) is 20.9 Å². The van der Waals surface area contributed by atoms with Gasteiger partial charge < -0.3 is 15.2 Å². The molecule has 0 fully saturated rings. The van der Waals surface area contributed by atoms with Crippen LogP contribution in [0.1, 0.15) is 20.3 Å². The summed E-state index contributed by atoms with van der Waals surface area (Å²) in [5, 5.41) is 0. The van der Waals surface area contributed by atoms with Crippen molar-refractivity contribution >= 4 is 38.8 Å². The van der Waals surface area contributed by atoms with Gasteiger partial charge in [0.1, 0.15) is 0 Å². The minimum atomic E-state index is 0.147. The molecule has 0 radical (unpaired) electrons. The average molecular weight is 339 g/mol. The molecule has 2 aromatic rings. The normalized spacial score (nSPS) is 10.9. The van der Waals surface area contributed by atoms with Crippen molar-refractivity contribution in [3.05, 3.63) is 22.7 Å². The van der Waals surface area contributed by atoms with Crippen LogP contribution in [0, 0.1) is 0 Å². The molecule has 0 aliphatic heterocycles. The number of halogens is 1. The van der Waals surface area contributed by atoms with Crippen LogP contribution < -0.4 is 5.73 Å². The summed E-state index contributed by atoms with van der Waals surface area (Å²) in [6.07, 6.45) is 0.438. The van der Waals surface area contributed by atoms with E-state index in [1.807, 2.05) is 41.5 Å². The summed E-state index contributed by atoms with van der Waals surface area (Å²) >= 11 is 3.42. The fourth-order valence-electron chi connectivity index (χ4n) is 2.30. The smallest absolute Gasteiger partial charge is 0.224 e. The zero-order valence-corrected chi connectivity index (χ0v) is 13.4. The Morgan fingerprint density at radius 2 is 2.10 bits per heavy atom. The monoisotopic (exact) mass is 338 g/mol. The van der Waals surface area contributed by atoms with Crippen LogP contribution in [0.5, 0.6) is 0 Å². The summed E-state index contributed by atoms with van der Waals surface area (Å²) in [4.78, 5) is 18.2. The van der Waals surface area contributed by atoms with E-state index in [0.29, 0.717) is 18.9 Å². The number of hydrogen-bond acceptors (Lipinski definition) is 3. The van der Waals surface area contributed by atoms with Gasteiger partial charge in [-0.25, -0.2) is 4.98 Å². The Bertz CT molecular complexity index is 619. The van der Waals surface area contributed by atoms with E-state index in [4.69, 9.17) is 5.73 Å². The number of benzene rings is 1. The maximum Gasteiger partial charge on any atom is 0.224 e. The summed E-state index contributed by atoms with van der Waals surface area (Å²) < 4.78 is 2.86. The van der Waals surface area contributed by atoms with Gasteiger partial charge in [0.15, 0.2) is 0 Å². The predicted octanol–water partition coefficient (Wildman–Crippen LogP) is 2.64. The average Bonchev–Trinajstić information content (AvgIpc) is 2.72. The van der Waals surface area contributed by atoms with Crippen LogP contribution in [-0.4, -0.2) is 33.4 Å². The predicted molar refractivity (Wildman–Crippen MR) is 84.4 cm³/mol. The molecule has 0 atom stereocenters. The number of aromatic nitrogens is 2. The number of imidazole rings is 1. The van der Waals surface area contributed by atoms with Crippen LogP contribution in [0.4, 0.5) is 5.95 Å². The number of nitrogen functional groups attached to an aromatic ring is 1. The lowest BCUT2D eigenvalue weighted by Crippen LogP contribution is -2.31. The van der Waals surface area contributed by atoms with Gasteiger partial charge >= 0.3 is 0 Å². The largest absolute Gasteiger partial charge is 0.369 e. The van der Waals surface area contributed by atoms with E-state index in [-0.39, 0.29) is 5.91 Å². The first-order valence-corrected chi connectivity index (χ1v) is 7.55.